The monoisotopic (exact) mass is 466 g/mol. The molecule has 0 saturated heterocycles. The second-order valence-electron chi connectivity index (χ2n) is 8.14. The fourth-order valence-electron chi connectivity index (χ4n) is 4.10. The maximum Gasteiger partial charge on any atom is 0.416 e. The number of benzene rings is 3. The van der Waals surface area contributed by atoms with Crippen LogP contribution in [0, 0.1) is 0 Å². The Labute approximate surface area is 196 Å². The van der Waals surface area contributed by atoms with Gasteiger partial charge in [-0.05, 0) is 28.8 Å². The molecule has 0 bridgehead atoms. The highest BCUT2D eigenvalue weighted by molar-refractivity contribution is 5.85. The van der Waals surface area contributed by atoms with E-state index in [1.807, 2.05) is 48.7 Å². The number of carbonyl (C=O) groups is 1. The number of ether oxygens (including phenoxy) is 1. The van der Waals surface area contributed by atoms with E-state index < -0.39 is 23.8 Å². The van der Waals surface area contributed by atoms with Crippen LogP contribution in [0.4, 0.5) is 13.2 Å². The summed E-state index contributed by atoms with van der Waals surface area (Å²) < 4.78 is 46.3. The van der Waals surface area contributed by atoms with Crippen molar-refractivity contribution in [1.82, 2.24) is 9.88 Å². The lowest BCUT2D eigenvalue weighted by atomic mass is 10.0. The Morgan fingerprint density at radius 2 is 1.68 bits per heavy atom. The van der Waals surface area contributed by atoms with E-state index in [2.05, 4.69) is 22.0 Å². The number of hydrogen-bond acceptors (Lipinski definition) is 3. The van der Waals surface area contributed by atoms with Crippen molar-refractivity contribution in [2.75, 3.05) is 7.11 Å². The summed E-state index contributed by atoms with van der Waals surface area (Å²) in [5.41, 5.74) is 2.88. The third kappa shape index (κ3) is 5.48. The molecule has 3 aromatic carbocycles. The zero-order chi connectivity index (χ0) is 24.1. The fraction of sp³-hybridized carbons (Fsp3) is 0.222. The maximum atomic E-state index is 13.0. The van der Waals surface area contributed by atoms with E-state index in [1.165, 1.54) is 13.2 Å². The average Bonchev–Trinajstić information content (AvgIpc) is 3.18. The highest BCUT2D eigenvalue weighted by atomic mass is 19.4. The lowest BCUT2D eigenvalue weighted by Gasteiger charge is -2.17. The molecule has 0 aliphatic heterocycles. The predicted molar refractivity (Wildman–Crippen MR) is 125 cm³/mol. The van der Waals surface area contributed by atoms with Gasteiger partial charge < -0.3 is 14.6 Å². The molecule has 0 fully saturated rings. The van der Waals surface area contributed by atoms with Gasteiger partial charge in [-0.25, -0.2) is 0 Å². The van der Waals surface area contributed by atoms with Crippen LogP contribution in [-0.4, -0.2) is 23.7 Å². The number of alkyl halides is 3. The lowest BCUT2D eigenvalue weighted by Crippen LogP contribution is -2.39. The second-order valence-corrected chi connectivity index (χ2v) is 8.14. The van der Waals surface area contributed by atoms with Crippen molar-refractivity contribution in [3.8, 4) is 0 Å². The summed E-state index contributed by atoms with van der Waals surface area (Å²) in [4.78, 5) is 12.5. The van der Waals surface area contributed by atoms with Crippen molar-refractivity contribution in [1.29, 1.82) is 0 Å². The number of nitrogens with one attached hydrogen (secondary N) is 1. The molecule has 1 N–H and O–H groups in total. The molecule has 4 aromatic rings. The summed E-state index contributed by atoms with van der Waals surface area (Å²) in [6.45, 7) is 0.786. The number of halogens is 3. The molecule has 0 aliphatic rings. The van der Waals surface area contributed by atoms with Crippen LogP contribution >= 0.6 is 0 Å². The number of methoxy groups -OCH3 is 1. The first-order valence-corrected chi connectivity index (χ1v) is 10.9. The molecule has 0 radical (unpaired) electrons. The van der Waals surface area contributed by atoms with E-state index in [4.69, 9.17) is 4.74 Å². The third-order valence-electron chi connectivity index (χ3n) is 5.78. The minimum absolute atomic E-state index is 0.104. The average molecular weight is 467 g/mol. The molecule has 0 spiro atoms. The Bertz CT molecular complexity index is 1270. The summed E-state index contributed by atoms with van der Waals surface area (Å²) in [6.07, 6.45) is -2.05. The highest BCUT2D eigenvalue weighted by Gasteiger charge is 2.30. The molecular formula is C27H25F3N2O2. The number of hydrogen-bond donors (Lipinski definition) is 1. The topological polar surface area (TPSA) is 43.3 Å². The van der Waals surface area contributed by atoms with Crippen LogP contribution < -0.4 is 5.32 Å². The Kier molecular flexibility index (Phi) is 7.03. The van der Waals surface area contributed by atoms with E-state index >= 15 is 0 Å². The Hall–Kier alpha value is -3.58. The van der Waals surface area contributed by atoms with E-state index in [9.17, 15) is 18.0 Å². The Balaban J connectivity index is 1.57. The summed E-state index contributed by atoms with van der Waals surface area (Å²) >= 11 is 0. The molecule has 1 atom stereocenters. The van der Waals surface area contributed by atoms with Gasteiger partial charge in [0, 0.05) is 36.6 Å². The SMILES string of the molecule is COC(=O)C(Cc1cn(Cc2ccccc2)c2ccccc12)NCc1cccc(C(F)(F)F)c1. The van der Waals surface area contributed by atoms with Crippen molar-refractivity contribution in [3.05, 3.63) is 107 Å². The summed E-state index contributed by atoms with van der Waals surface area (Å²) in [5.74, 6) is -0.466. The van der Waals surface area contributed by atoms with E-state index in [1.54, 1.807) is 6.07 Å². The van der Waals surface area contributed by atoms with Crippen LogP contribution in [-0.2, 0) is 35.2 Å². The lowest BCUT2D eigenvalue weighted by molar-refractivity contribution is -0.143. The molecule has 0 saturated carbocycles. The normalized spacial score (nSPS) is 12.6. The quantitative estimate of drug-likeness (QED) is 0.345. The minimum Gasteiger partial charge on any atom is -0.468 e. The molecule has 4 nitrogen and oxygen atoms in total. The third-order valence-corrected chi connectivity index (χ3v) is 5.78. The fourth-order valence-corrected chi connectivity index (χ4v) is 4.10. The summed E-state index contributed by atoms with van der Waals surface area (Å²) in [7, 11) is 1.31. The number of fused-ring (bicyclic) bond motifs is 1. The van der Waals surface area contributed by atoms with Crippen molar-refractivity contribution >= 4 is 16.9 Å². The first kappa shape index (κ1) is 23.6. The van der Waals surface area contributed by atoms with Crippen molar-refractivity contribution in [2.24, 2.45) is 0 Å². The van der Waals surface area contributed by atoms with Gasteiger partial charge in [0.25, 0.3) is 0 Å². The molecule has 1 heterocycles. The number of esters is 1. The van der Waals surface area contributed by atoms with Gasteiger partial charge >= 0.3 is 12.1 Å². The molecule has 1 unspecified atom stereocenters. The molecule has 4 rings (SSSR count). The molecule has 34 heavy (non-hydrogen) atoms. The molecular weight excluding hydrogens is 441 g/mol. The van der Waals surface area contributed by atoms with Gasteiger partial charge in [-0.15, -0.1) is 0 Å². The number of nitrogens with zero attached hydrogens (tertiary/aromatic N) is 1. The van der Waals surface area contributed by atoms with Crippen LogP contribution in [0.1, 0.15) is 22.3 Å². The van der Waals surface area contributed by atoms with E-state index in [0.717, 1.165) is 34.2 Å². The molecule has 0 aliphatic carbocycles. The number of aromatic nitrogens is 1. The zero-order valence-corrected chi connectivity index (χ0v) is 18.7. The standard InChI is InChI=1S/C27H25F3N2O2/c1-34-26(33)24(31-16-20-10-7-11-22(14-20)27(28,29)30)15-21-18-32(17-19-8-3-2-4-9-19)25-13-6-5-12-23(21)25/h2-14,18,24,31H,15-17H2,1H3. The number of carbonyl (C=O) groups excluding carboxylic acids is 1. The van der Waals surface area contributed by atoms with E-state index in [-0.39, 0.29) is 6.54 Å². The highest BCUT2D eigenvalue weighted by Crippen LogP contribution is 2.29. The largest absolute Gasteiger partial charge is 0.468 e. The Morgan fingerprint density at radius 3 is 2.41 bits per heavy atom. The van der Waals surface area contributed by atoms with Gasteiger partial charge in [0.1, 0.15) is 6.04 Å². The summed E-state index contributed by atoms with van der Waals surface area (Å²) in [6, 6.07) is 22.4. The van der Waals surface area contributed by atoms with Crippen molar-refractivity contribution < 1.29 is 22.7 Å². The van der Waals surface area contributed by atoms with Crippen molar-refractivity contribution in [2.45, 2.75) is 31.7 Å². The Morgan fingerprint density at radius 1 is 0.971 bits per heavy atom. The number of rotatable bonds is 8. The number of para-hydroxylation sites is 1. The van der Waals surface area contributed by atoms with Crippen LogP contribution in [0.15, 0.2) is 85.1 Å². The zero-order valence-electron chi connectivity index (χ0n) is 18.7. The van der Waals surface area contributed by atoms with Crippen LogP contribution in [0.25, 0.3) is 10.9 Å². The molecule has 176 valence electrons. The van der Waals surface area contributed by atoms with Crippen LogP contribution in [0.5, 0.6) is 0 Å². The van der Waals surface area contributed by atoms with Gasteiger partial charge in [0.15, 0.2) is 0 Å². The first-order chi connectivity index (χ1) is 16.3. The first-order valence-electron chi connectivity index (χ1n) is 10.9. The van der Waals surface area contributed by atoms with E-state index in [0.29, 0.717) is 18.5 Å². The van der Waals surface area contributed by atoms with Gasteiger partial charge in [-0.2, -0.15) is 13.2 Å². The van der Waals surface area contributed by atoms with Gasteiger partial charge in [0.05, 0.1) is 12.7 Å². The van der Waals surface area contributed by atoms with Crippen LogP contribution in [0.3, 0.4) is 0 Å². The summed E-state index contributed by atoms with van der Waals surface area (Å²) in [5, 5.41) is 4.11. The maximum absolute atomic E-state index is 13.0. The smallest absolute Gasteiger partial charge is 0.416 e. The predicted octanol–water partition coefficient (Wildman–Crippen LogP) is 5.58. The molecule has 7 heteroatoms. The van der Waals surface area contributed by atoms with Gasteiger partial charge in [0.2, 0.25) is 0 Å². The minimum atomic E-state index is -4.42. The molecule has 1 aromatic heterocycles. The van der Waals surface area contributed by atoms with Crippen LogP contribution in [0.2, 0.25) is 0 Å². The van der Waals surface area contributed by atoms with Gasteiger partial charge in [-0.1, -0.05) is 66.7 Å². The van der Waals surface area contributed by atoms with Gasteiger partial charge in [-0.3, -0.25) is 4.79 Å². The molecule has 0 amide bonds. The van der Waals surface area contributed by atoms with Crippen molar-refractivity contribution in [3.63, 3.8) is 0 Å². The second kappa shape index (κ2) is 10.1.